The van der Waals surface area contributed by atoms with Crippen molar-refractivity contribution in [2.75, 3.05) is 19.7 Å². The summed E-state index contributed by atoms with van der Waals surface area (Å²) in [6.07, 6.45) is 5.62. The van der Waals surface area contributed by atoms with Crippen LogP contribution in [0.15, 0.2) is 0 Å². The molecule has 2 heteroatoms. The van der Waals surface area contributed by atoms with Crippen molar-refractivity contribution in [2.24, 2.45) is 0 Å². The van der Waals surface area contributed by atoms with E-state index >= 15 is 0 Å². The Bertz CT molecular complexity index is 89.6. The molecule has 0 aromatic heterocycles. The average molecular weight is 157 g/mol. The minimum Gasteiger partial charge on any atom is -0.378 e. The summed E-state index contributed by atoms with van der Waals surface area (Å²) in [5.41, 5.74) is 0. The number of nitrogens with one attached hydrogen (secondary N) is 1. The van der Waals surface area contributed by atoms with Crippen LogP contribution in [0, 0.1) is 0 Å². The second kappa shape index (κ2) is 5.56. The van der Waals surface area contributed by atoms with Crippen molar-refractivity contribution in [2.45, 2.75) is 38.7 Å². The lowest BCUT2D eigenvalue weighted by molar-refractivity contribution is 0.0116. The molecule has 11 heavy (non-hydrogen) atoms. The summed E-state index contributed by atoms with van der Waals surface area (Å²) in [6.45, 7) is 5.31. The van der Waals surface area contributed by atoms with Gasteiger partial charge in [-0.05, 0) is 38.8 Å². The van der Waals surface area contributed by atoms with Crippen LogP contribution in [-0.4, -0.2) is 25.8 Å². The Morgan fingerprint density at radius 3 is 3.00 bits per heavy atom. The van der Waals surface area contributed by atoms with Crippen molar-refractivity contribution in [1.29, 1.82) is 0 Å². The predicted molar refractivity (Wildman–Crippen MR) is 46.8 cm³/mol. The van der Waals surface area contributed by atoms with Crippen LogP contribution in [0.1, 0.15) is 32.6 Å². The molecule has 2 nitrogen and oxygen atoms in total. The molecule has 0 aromatic rings. The Hall–Kier alpha value is -0.0800. The molecular weight excluding hydrogens is 138 g/mol. The standard InChI is InChI=1S/C9H19NO/c1-2-10-7-6-9-5-3-4-8-11-9/h9-10H,2-8H2,1H3. The molecule has 1 aliphatic rings. The van der Waals surface area contributed by atoms with Gasteiger partial charge < -0.3 is 10.1 Å². The molecule has 1 atom stereocenters. The van der Waals surface area contributed by atoms with E-state index < -0.39 is 0 Å². The lowest BCUT2D eigenvalue weighted by Gasteiger charge is -2.22. The maximum atomic E-state index is 5.58. The van der Waals surface area contributed by atoms with E-state index in [9.17, 15) is 0 Å². The maximum absolute atomic E-state index is 5.58. The summed E-state index contributed by atoms with van der Waals surface area (Å²) >= 11 is 0. The van der Waals surface area contributed by atoms with Crippen LogP contribution in [-0.2, 0) is 4.74 Å². The first-order valence-electron chi connectivity index (χ1n) is 4.76. The molecule has 1 aliphatic heterocycles. The molecule has 1 saturated heterocycles. The van der Waals surface area contributed by atoms with Crippen molar-refractivity contribution < 1.29 is 4.74 Å². The van der Waals surface area contributed by atoms with E-state index in [2.05, 4.69) is 12.2 Å². The lowest BCUT2D eigenvalue weighted by atomic mass is 10.1. The SMILES string of the molecule is CCNCCC1CCCCO1. The third-order valence-electron chi connectivity index (χ3n) is 2.17. The molecule has 1 rings (SSSR count). The maximum Gasteiger partial charge on any atom is 0.0587 e. The van der Waals surface area contributed by atoms with E-state index in [1.54, 1.807) is 0 Å². The minimum absolute atomic E-state index is 0.544. The lowest BCUT2D eigenvalue weighted by Crippen LogP contribution is -2.25. The second-order valence-corrected chi connectivity index (χ2v) is 3.13. The fourth-order valence-corrected chi connectivity index (χ4v) is 1.47. The fraction of sp³-hybridized carbons (Fsp3) is 1.00. The van der Waals surface area contributed by atoms with E-state index in [0.29, 0.717) is 6.10 Å². The summed E-state index contributed by atoms with van der Waals surface area (Å²) in [7, 11) is 0. The van der Waals surface area contributed by atoms with Gasteiger partial charge in [0, 0.05) is 6.61 Å². The molecule has 0 aliphatic carbocycles. The first-order chi connectivity index (χ1) is 5.43. The van der Waals surface area contributed by atoms with Gasteiger partial charge in [-0.15, -0.1) is 0 Å². The first kappa shape index (κ1) is 9.01. The van der Waals surface area contributed by atoms with Gasteiger partial charge in [0.2, 0.25) is 0 Å². The molecule has 1 fully saturated rings. The van der Waals surface area contributed by atoms with Crippen molar-refractivity contribution in [1.82, 2.24) is 5.32 Å². The van der Waals surface area contributed by atoms with Gasteiger partial charge >= 0.3 is 0 Å². The van der Waals surface area contributed by atoms with Crippen molar-refractivity contribution in [3.63, 3.8) is 0 Å². The average Bonchev–Trinajstić information content (AvgIpc) is 2.07. The zero-order valence-electron chi connectivity index (χ0n) is 7.44. The van der Waals surface area contributed by atoms with Crippen LogP contribution in [0.3, 0.4) is 0 Å². The number of ether oxygens (including phenoxy) is 1. The zero-order chi connectivity index (χ0) is 7.94. The van der Waals surface area contributed by atoms with Gasteiger partial charge in [-0.3, -0.25) is 0 Å². The van der Waals surface area contributed by atoms with Crippen molar-refractivity contribution in [3.05, 3.63) is 0 Å². The predicted octanol–water partition coefficient (Wildman–Crippen LogP) is 1.56. The van der Waals surface area contributed by atoms with Gasteiger partial charge in [-0.1, -0.05) is 6.92 Å². The Morgan fingerprint density at radius 1 is 1.45 bits per heavy atom. The highest BCUT2D eigenvalue weighted by Crippen LogP contribution is 2.14. The van der Waals surface area contributed by atoms with E-state index in [-0.39, 0.29) is 0 Å². The van der Waals surface area contributed by atoms with Crippen LogP contribution < -0.4 is 5.32 Å². The number of hydrogen-bond acceptors (Lipinski definition) is 2. The number of hydrogen-bond donors (Lipinski definition) is 1. The van der Waals surface area contributed by atoms with Crippen molar-refractivity contribution in [3.8, 4) is 0 Å². The molecular formula is C9H19NO. The Kier molecular flexibility index (Phi) is 4.55. The van der Waals surface area contributed by atoms with Gasteiger partial charge in [0.05, 0.1) is 6.10 Å². The topological polar surface area (TPSA) is 21.3 Å². The smallest absolute Gasteiger partial charge is 0.0587 e. The highest BCUT2D eigenvalue weighted by Gasteiger charge is 2.12. The van der Waals surface area contributed by atoms with Crippen LogP contribution in [0.5, 0.6) is 0 Å². The molecule has 0 bridgehead atoms. The summed E-state index contributed by atoms with van der Waals surface area (Å²) in [5.74, 6) is 0. The van der Waals surface area contributed by atoms with E-state index in [1.165, 1.54) is 25.7 Å². The fourth-order valence-electron chi connectivity index (χ4n) is 1.47. The van der Waals surface area contributed by atoms with Gasteiger partial charge in [0.1, 0.15) is 0 Å². The van der Waals surface area contributed by atoms with Gasteiger partial charge in [-0.2, -0.15) is 0 Å². The van der Waals surface area contributed by atoms with Gasteiger partial charge in [0.25, 0.3) is 0 Å². The van der Waals surface area contributed by atoms with Crippen LogP contribution in [0.4, 0.5) is 0 Å². The van der Waals surface area contributed by atoms with Crippen LogP contribution in [0.25, 0.3) is 0 Å². The molecule has 1 unspecified atom stereocenters. The third-order valence-corrected chi connectivity index (χ3v) is 2.17. The molecule has 0 aromatic carbocycles. The second-order valence-electron chi connectivity index (χ2n) is 3.13. The van der Waals surface area contributed by atoms with E-state index in [1.807, 2.05) is 0 Å². The van der Waals surface area contributed by atoms with Gasteiger partial charge in [0.15, 0.2) is 0 Å². The molecule has 0 amide bonds. The molecule has 0 spiro atoms. The van der Waals surface area contributed by atoms with Crippen LogP contribution >= 0.6 is 0 Å². The van der Waals surface area contributed by atoms with E-state index in [0.717, 1.165) is 19.7 Å². The minimum atomic E-state index is 0.544. The molecule has 1 N–H and O–H groups in total. The van der Waals surface area contributed by atoms with Crippen molar-refractivity contribution >= 4 is 0 Å². The summed E-state index contributed by atoms with van der Waals surface area (Å²) in [5, 5.41) is 3.32. The molecule has 66 valence electrons. The number of rotatable bonds is 4. The Balaban J connectivity index is 1.96. The summed E-state index contributed by atoms with van der Waals surface area (Å²) < 4.78 is 5.58. The Labute approximate surface area is 69.3 Å². The summed E-state index contributed by atoms with van der Waals surface area (Å²) in [4.78, 5) is 0. The monoisotopic (exact) mass is 157 g/mol. The first-order valence-corrected chi connectivity index (χ1v) is 4.76. The zero-order valence-corrected chi connectivity index (χ0v) is 7.44. The van der Waals surface area contributed by atoms with Gasteiger partial charge in [-0.25, -0.2) is 0 Å². The molecule has 1 heterocycles. The highest BCUT2D eigenvalue weighted by atomic mass is 16.5. The summed E-state index contributed by atoms with van der Waals surface area (Å²) in [6, 6.07) is 0. The highest BCUT2D eigenvalue weighted by molar-refractivity contribution is 4.64. The third kappa shape index (κ3) is 3.73. The largest absolute Gasteiger partial charge is 0.378 e. The Morgan fingerprint density at radius 2 is 2.36 bits per heavy atom. The van der Waals surface area contributed by atoms with E-state index in [4.69, 9.17) is 4.74 Å². The molecule has 0 radical (unpaired) electrons. The quantitative estimate of drug-likeness (QED) is 0.625. The normalized spacial score (nSPS) is 25.4. The van der Waals surface area contributed by atoms with Crippen LogP contribution in [0.2, 0.25) is 0 Å². The molecule has 0 saturated carbocycles.